The van der Waals surface area contributed by atoms with Crippen LogP contribution in [-0.4, -0.2) is 43.1 Å². The van der Waals surface area contributed by atoms with E-state index in [1.54, 1.807) is 23.1 Å². The van der Waals surface area contributed by atoms with Crippen molar-refractivity contribution in [1.29, 1.82) is 0 Å². The van der Waals surface area contributed by atoms with Gasteiger partial charge in [-0.1, -0.05) is 23.7 Å². The lowest BCUT2D eigenvalue weighted by Crippen LogP contribution is -2.40. The predicted octanol–water partition coefficient (Wildman–Crippen LogP) is 2.46. The molecule has 2 N–H and O–H groups in total. The van der Waals surface area contributed by atoms with E-state index in [0.29, 0.717) is 47.7 Å². The van der Waals surface area contributed by atoms with E-state index < -0.39 is 0 Å². The third-order valence-electron chi connectivity index (χ3n) is 4.96. The summed E-state index contributed by atoms with van der Waals surface area (Å²) in [5.41, 5.74) is 1.97. The Morgan fingerprint density at radius 1 is 1.36 bits per heavy atom. The summed E-state index contributed by atoms with van der Waals surface area (Å²) in [6, 6.07) is 9.05. The van der Waals surface area contributed by atoms with Crippen LogP contribution in [0.15, 0.2) is 36.5 Å². The standard InChI is InChI=1S/C20H21ClN4O3/c21-16-3-1-13(2-4-16)11-25-17-7-15(9-22-19(17)23-10-18(25)26)20(27)24-8-14-5-6-28-12-14/h1-4,7,9,14H,5-6,8,10-12H2,(H,22,23)(H,24,27). The lowest BCUT2D eigenvalue weighted by Gasteiger charge is -2.29. The molecule has 1 aromatic heterocycles. The fourth-order valence-electron chi connectivity index (χ4n) is 3.34. The Labute approximate surface area is 168 Å². The number of nitrogens with one attached hydrogen (secondary N) is 2. The minimum Gasteiger partial charge on any atom is -0.381 e. The lowest BCUT2D eigenvalue weighted by atomic mass is 10.1. The van der Waals surface area contributed by atoms with Gasteiger partial charge in [0.05, 0.1) is 30.9 Å². The van der Waals surface area contributed by atoms with E-state index in [1.165, 1.54) is 6.20 Å². The molecule has 146 valence electrons. The van der Waals surface area contributed by atoms with Crippen molar-refractivity contribution < 1.29 is 14.3 Å². The van der Waals surface area contributed by atoms with Crippen molar-refractivity contribution in [1.82, 2.24) is 10.3 Å². The molecule has 7 nitrogen and oxygen atoms in total. The van der Waals surface area contributed by atoms with Crippen molar-refractivity contribution in [2.24, 2.45) is 5.92 Å². The summed E-state index contributed by atoms with van der Waals surface area (Å²) in [6.07, 6.45) is 2.48. The molecule has 2 aliphatic heterocycles. The maximum atomic E-state index is 12.5. The summed E-state index contributed by atoms with van der Waals surface area (Å²) in [7, 11) is 0. The average molecular weight is 401 g/mol. The topological polar surface area (TPSA) is 83.6 Å². The number of pyridine rings is 1. The Bertz CT molecular complexity index is 882. The molecule has 2 amide bonds. The zero-order valence-corrected chi connectivity index (χ0v) is 16.0. The lowest BCUT2D eigenvalue weighted by molar-refractivity contribution is -0.117. The number of carbonyl (C=O) groups excluding carboxylic acids is 2. The first kappa shape index (κ1) is 18.7. The van der Waals surface area contributed by atoms with Gasteiger partial charge in [-0.2, -0.15) is 0 Å². The van der Waals surface area contributed by atoms with E-state index >= 15 is 0 Å². The van der Waals surface area contributed by atoms with Crippen molar-refractivity contribution in [3.63, 3.8) is 0 Å². The molecule has 1 unspecified atom stereocenters. The molecule has 1 saturated heterocycles. The van der Waals surface area contributed by atoms with Gasteiger partial charge in [0.2, 0.25) is 5.91 Å². The third kappa shape index (κ3) is 4.10. The van der Waals surface area contributed by atoms with E-state index in [1.807, 2.05) is 12.1 Å². The molecule has 1 aromatic carbocycles. The zero-order chi connectivity index (χ0) is 19.5. The number of rotatable bonds is 5. The molecule has 4 rings (SSSR count). The van der Waals surface area contributed by atoms with Gasteiger partial charge in [0.15, 0.2) is 5.82 Å². The SMILES string of the molecule is O=C(NCC1CCOC1)c1cnc2c(c1)N(Cc1ccc(Cl)cc1)C(=O)CN2. The minimum absolute atomic E-state index is 0.0788. The highest BCUT2D eigenvalue weighted by molar-refractivity contribution is 6.30. The highest BCUT2D eigenvalue weighted by Crippen LogP contribution is 2.30. The van der Waals surface area contributed by atoms with Gasteiger partial charge < -0.3 is 20.3 Å². The van der Waals surface area contributed by atoms with Gasteiger partial charge in [-0.25, -0.2) is 4.98 Å². The Balaban J connectivity index is 1.53. The predicted molar refractivity (Wildman–Crippen MR) is 107 cm³/mol. The van der Waals surface area contributed by atoms with E-state index in [2.05, 4.69) is 15.6 Å². The van der Waals surface area contributed by atoms with Crippen LogP contribution in [0.1, 0.15) is 22.3 Å². The van der Waals surface area contributed by atoms with Crippen molar-refractivity contribution in [3.8, 4) is 0 Å². The van der Waals surface area contributed by atoms with Crippen LogP contribution in [0.25, 0.3) is 0 Å². The second-order valence-corrected chi connectivity index (χ2v) is 7.43. The number of anilines is 2. The molecule has 8 heteroatoms. The maximum absolute atomic E-state index is 12.5. The van der Waals surface area contributed by atoms with Crippen LogP contribution in [0.4, 0.5) is 11.5 Å². The third-order valence-corrected chi connectivity index (χ3v) is 5.21. The number of amides is 2. The van der Waals surface area contributed by atoms with Crippen LogP contribution in [0, 0.1) is 5.92 Å². The van der Waals surface area contributed by atoms with E-state index in [9.17, 15) is 9.59 Å². The molecular formula is C20H21ClN4O3. The largest absolute Gasteiger partial charge is 0.381 e. The Hall–Kier alpha value is -2.64. The minimum atomic E-state index is -0.202. The van der Waals surface area contributed by atoms with Crippen molar-refractivity contribution in [2.45, 2.75) is 13.0 Å². The summed E-state index contributed by atoms with van der Waals surface area (Å²) in [6.45, 7) is 2.55. The summed E-state index contributed by atoms with van der Waals surface area (Å²) in [4.78, 5) is 31.0. The van der Waals surface area contributed by atoms with Gasteiger partial charge in [-0.05, 0) is 30.2 Å². The normalized spacial score (nSPS) is 18.5. The molecule has 28 heavy (non-hydrogen) atoms. The average Bonchev–Trinajstić information content (AvgIpc) is 3.23. The first-order chi connectivity index (χ1) is 13.6. The summed E-state index contributed by atoms with van der Waals surface area (Å²) in [5, 5.41) is 6.58. The molecule has 3 heterocycles. The van der Waals surface area contributed by atoms with Gasteiger partial charge in [0.1, 0.15) is 0 Å². The molecule has 0 aliphatic carbocycles. The molecule has 0 saturated carbocycles. The second kappa shape index (κ2) is 8.16. The van der Waals surface area contributed by atoms with Crippen LogP contribution < -0.4 is 15.5 Å². The number of carbonyl (C=O) groups is 2. The van der Waals surface area contributed by atoms with Crippen LogP contribution >= 0.6 is 11.6 Å². The number of nitrogens with zero attached hydrogens (tertiary/aromatic N) is 2. The van der Waals surface area contributed by atoms with Crippen LogP contribution in [0.3, 0.4) is 0 Å². The summed E-state index contributed by atoms with van der Waals surface area (Å²) >= 11 is 5.94. The maximum Gasteiger partial charge on any atom is 0.252 e. The number of hydrogen-bond acceptors (Lipinski definition) is 5. The van der Waals surface area contributed by atoms with Gasteiger partial charge in [0.25, 0.3) is 5.91 Å². The smallest absolute Gasteiger partial charge is 0.252 e. The van der Waals surface area contributed by atoms with Gasteiger partial charge >= 0.3 is 0 Å². The summed E-state index contributed by atoms with van der Waals surface area (Å²) in [5.74, 6) is 0.657. The fraction of sp³-hybridized carbons (Fsp3) is 0.350. The number of fused-ring (bicyclic) bond motifs is 1. The second-order valence-electron chi connectivity index (χ2n) is 6.99. The summed E-state index contributed by atoms with van der Waals surface area (Å²) < 4.78 is 5.33. The highest BCUT2D eigenvalue weighted by atomic mass is 35.5. The molecular weight excluding hydrogens is 380 g/mol. The number of benzene rings is 1. The van der Waals surface area contributed by atoms with Crippen LogP contribution in [0.2, 0.25) is 5.02 Å². The zero-order valence-electron chi connectivity index (χ0n) is 15.3. The Morgan fingerprint density at radius 3 is 2.93 bits per heavy atom. The molecule has 1 fully saturated rings. The van der Waals surface area contributed by atoms with E-state index in [-0.39, 0.29) is 18.4 Å². The van der Waals surface area contributed by atoms with E-state index in [4.69, 9.17) is 16.3 Å². The van der Waals surface area contributed by atoms with Crippen LogP contribution in [0.5, 0.6) is 0 Å². The molecule has 1 atom stereocenters. The highest BCUT2D eigenvalue weighted by Gasteiger charge is 2.26. The quantitative estimate of drug-likeness (QED) is 0.805. The first-order valence-electron chi connectivity index (χ1n) is 9.25. The van der Waals surface area contributed by atoms with Crippen molar-refractivity contribution in [2.75, 3.05) is 36.5 Å². The Kier molecular flexibility index (Phi) is 5.45. The van der Waals surface area contributed by atoms with Gasteiger partial charge in [-0.15, -0.1) is 0 Å². The van der Waals surface area contributed by atoms with Crippen molar-refractivity contribution in [3.05, 3.63) is 52.7 Å². The van der Waals surface area contributed by atoms with Gasteiger partial charge in [0, 0.05) is 30.3 Å². The number of halogens is 1. The number of ether oxygens (including phenoxy) is 1. The van der Waals surface area contributed by atoms with E-state index in [0.717, 1.165) is 18.6 Å². The molecule has 0 radical (unpaired) electrons. The van der Waals surface area contributed by atoms with Crippen LogP contribution in [-0.2, 0) is 16.1 Å². The molecule has 0 bridgehead atoms. The van der Waals surface area contributed by atoms with Crippen molar-refractivity contribution >= 4 is 34.9 Å². The molecule has 2 aliphatic rings. The molecule has 0 spiro atoms. The molecule has 2 aromatic rings. The van der Waals surface area contributed by atoms with Gasteiger partial charge in [-0.3, -0.25) is 9.59 Å². The number of aromatic nitrogens is 1. The fourth-order valence-corrected chi connectivity index (χ4v) is 3.46. The monoisotopic (exact) mass is 400 g/mol. The number of hydrogen-bond donors (Lipinski definition) is 2. The Morgan fingerprint density at radius 2 is 2.18 bits per heavy atom. The first-order valence-corrected chi connectivity index (χ1v) is 9.62.